The van der Waals surface area contributed by atoms with E-state index in [9.17, 15) is 4.79 Å². The van der Waals surface area contributed by atoms with E-state index in [4.69, 9.17) is 0 Å². The Morgan fingerprint density at radius 2 is 2.46 bits per heavy atom. The summed E-state index contributed by atoms with van der Waals surface area (Å²) in [5.74, 6) is 0.598. The zero-order valence-electron chi connectivity index (χ0n) is 7.79. The van der Waals surface area contributed by atoms with Crippen molar-refractivity contribution < 1.29 is 0 Å². The Hall–Kier alpha value is -1.58. The minimum absolute atomic E-state index is 0.144. The van der Waals surface area contributed by atoms with Crippen LogP contribution in [-0.2, 0) is 0 Å². The van der Waals surface area contributed by atoms with Crippen LogP contribution in [0.5, 0.6) is 0 Å². The van der Waals surface area contributed by atoms with Gasteiger partial charge in [0.1, 0.15) is 5.82 Å². The van der Waals surface area contributed by atoms with Crippen molar-refractivity contribution in [3.05, 3.63) is 34.4 Å². The van der Waals surface area contributed by atoms with E-state index < -0.39 is 0 Å². The number of aromatic nitrogens is 2. The maximum Gasteiger partial charge on any atom is 0.252 e. The molecule has 1 heterocycles. The standard InChI is InChI=1S/C9H13N3O/c1-7(2)3-4-10-8-5-9(13)12-6-11-8/h3,5-6H,4H2,1-2H3,(H2,10,11,12,13). The monoisotopic (exact) mass is 179 g/mol. The summed E-state index contributed by atoms with van der Waals surface area (Å²) >= 11 is 0. The topological polar surface area (TPSA) is 57.8 Å². The molecule has 0 amide bonds. The quantitative estimate of drug-likeness (QED) is 0.684. The molecule has 2 N–H and O–H groups in total. The molecule has 1 rings (SSSR count). The fourth-order valence-electron chi connectivity index (χ4n) is 0.825. The lowest BCUT2D eigenvalue weighted by Crippen LogP contribution is -2.08. The number of rotatable bonds is 3. The number of allylic oxidation sites excluding steroid dienone is 1. The summed E-state index contributed by atoms with van der Waals surface area (Å²) in [6.07, 6.45) is 3.41. The van der Waals surface area contributed by atoms with Crippen molar-refractivity contribution in [3.63, 3.8) is 0 Å². The molecule has 0 saturated heterocycles. The molecular formula is C9H13N3O. The highest BCUT2D eigenvalue weighted by molar-refractivity contribution is 5.32. The lowest BCUT2D eigenvalue weighted by atomic mass is 10.3. The van der Waals surface area contributed by atoms with E-state index in [1.165, 1.54) is 18.0 Å². The van der Waals surface area contributed by atoms with Crippen LogP contribution in [0.4, 0.5) is 5.82 Å². The van der Waals surface area contributed by atoms with Crippen molar-refractivity contribution in [2.75, 3.05) is 11.9 Å². The molecule has 0 fully saturated rings. The second-order valence-corrected chi connectivity index (χ2v) is 2.96. The molecule has 1 aromatic rings. The second-order valence-electron chi connectivity index (χ2n) is 2.96. The Bertz CT molecular complexity index is 350. The van der Waals surface area contributed by atoms with Gasteiger partial charge in [0.15, 0.2) is 0 Å². The Morgan fingerprint density at radius 3 is 3.08 bits per heavy atom. The van der Waals surface area contributed by atoms with Crippen LogP contribution in [0.25, 0.3) is 0 Å². The molecule has 0 spiro atoms. The molecule has 0 aliphatic heterocycles. The van der Waals surface area contributed by atoms with E-state index in [1.807, 2.05) is 19.9 Å². The van der Waals surface area contributed by atoms with E-state index in [1.54, 1.807) is 0 Å². The third kappa shape index (κ3) is 3.55. The van der Waals surface area contributed by atoms with Crippen molar-refractivity contribution in [2.45, 2.75) is 13.8 Å². The molecule has 0 aromatic carbocycles. The minimum atomic E-state index is -0.144. The van der Waals surface area contributed by atoms with Gasteiger partial charge in [-0.25, -0.2) is 4.98 Å². The first-order valence-corrected chi connectivity index (χ1v) is 4.10. The van der Waals surface area contributed by atoms with Crippen LogP contribution >= 0.6 is 0 Å². The zero-order valence-corrected chi connectivity index (χ0v) is 7.79. The third-order valence-corrected chi connectivity index (χ3v) is 1.47. The number of hydrogen-bond donors (Lipinski definition) is 2. The summed E-state index contributed by atoms with van der Waals surface area (Å²) in [7, 11) is 0. The summed E-state index contributed by atoms with van der Waals surface area (Å²) in [5, 5.41) is 3.01. The predicted octanol–water partition coefficient (Wildman–Crippen LogP) is 1.15. The van der Waals surface area contributed by atoms with Gasteiger partial charge in [0, 0.05) is 12.6 Å². The number of H-pyrrole nitrogens is 1. The number of nitrogens with one attached hydrogen (secondary N) is 2. The van der Waals surface area contributed by atoms with Crippen LogP contribution < -0.4 is 10.9 Å². The van der Waals surface area contributed by atoms with Gasteiger partial charge in [0.25, 0.3) is 5.56 Å². The Labute approximate surface area is 76.7 Å². The number of hydrogen-bond acceptors (Lipinski definition) is 3. The maximum atomic E-state index is 10.8. The molecule has 0 saturated carbocycles. The van der Waals surface area contributed by atoms with Crippen LogP contribution in [0.2, 0.25) is 0 Å². The molecule has 70 valence electrons. The number of aromatic amines is 1. The summed E-state index contributed by atoms with van der Waals surface area (Å²) in [6, 6.07) is 1.43. The molecular weight excluding hydrogens is 166 g/mol. The van der Waals surface area contributed by atoms with Gasteiger partial charge in [0.05, 0.1) is 6.33 Å². The van der Waals surface area contributed by atoms with Gasteiger partial charge in [0.2, 0.25) is 0 Å². The number of nitrogens with zero attached hydrogens (tertiary/aromatic N) is 1. The number of anilines is 1. The highest BCUT2D eigenvalue weighted by Gasteiger charge is 1.90. The third-order valence-electron chi connectivity index (χ3n) is 1.47. The van der Waals surface area contributed by atoms with Crippen molar-refractivity contribution in [1.29, 1.82) is 0 Å². The highest BCUT2D eigenvalue weighted by Crippen LogP contribution is 1.95. The fraction of sp³-hybridized carbons (Fsp3) is 0.333. The van der Waals surface area contributed by atoms with E-state index in [-0.39, 0.29) is 5.56 Å². The van der Waals surface area contributed by atoms with Gasteiger partial charge < -0.3 is 10.3 Å². The molecule has 0 aliphatic carbocycles. The van der Waals surface area contributed by atoms with Gasteiger partial charge in [-0.3, -0.25) is 4.79 Å². The van der Waals surface area contributed by atoms with Gasteiger partial charge in [-0.2, -0.15) is 0 Å². The summed E-state index contributed by atoms with van der Waals surface area (Å²) in [4.78, 5) is 17.2. The first-order chi connectivity index (χ1) is 6.18. The van der Waals surface area contributed by atoms with Crippen molar-refractivity contribution >= 4 is 5.82 Å². The molecule has 0 radical (unpaired) electrons. The largest absolute Gasteiger partial charge is 0.366 e. The van der Waals surface area contributed by atoms with Crippen LogP contribution in [-0.4, -0.2) is 16.5 Å². The van der Waals surface area contributed by atoms with Crippen molar-refractivity contribution in [3.8, 4) is 0 Å². The summed E-state index contributed by atoms with van der Waals surface area (Å²) < 4.78 is 0. The second kappa shape index (κ2) is 4.45. The average molecular weight is 179 g/mol. The normalized spacial score (nSPS) is 9.38. The molecule has 0 bridgehead atoms. The summed E-state index contributed by atoms with van der Waals surface area (Å²) in [5.41, 5.74) is 1.09. The maximum absolute atomic E-state index is 10.8. The SMILES string of the molecule is CC(C)=CCNc1cc(=O)[nH]cn1. The highest BCUT2D eigenvalue weighted by atomic mass is 16.1. The molecule has 4 nitrogen and oxygen atoms in total. The fourth-order valence-corrected chi connectivity index (χ4v) is 0.825. The zero-order chi connectivity index (χ0) is 9.68. The Kier molecular flexibility index (Phi) is 3.25. The van der Waals surface area contributed by atoms with E-state index in [0.717, 1.165) is 0 Å². The van der Waals surface area contributed by atoms with Gasteiger partial charge in [-0.15, -0.1) is 0 Å². The van der Waals surface area contributed by atoms with Gasteiger partial charge in [-0.05, 0) is 13.8 Å². The lowest BCUT2D eigenvalue weighted by molar-refractivity contribution is 1.10. The van der Waals surface area contributed by atoms with Gasteiger partial charge in [-0.1, -0.05) is 11.6 Å². The Balaban J connectivity index is 2.55. The average Bonchev–Trinajstić information content (AvgIpc) is 2.03. The van der Waals surface area contributed by atoms with Crippen molar-refractivity contribution in [1.82, 2.24) is 9.97 Å². The van der Waals surface area contributed by atoms with Gasteiger partial charge >= 0.3 is 0 Å². The van der Waals surface area contributed by atoms with E-state index in [2.05, 4.69) is 15.3 Å². The molecule has 4 heteroatoms. The van der Waals surface area contributed by atoms with Crippen LogP contribution in [0.1, 0.15) is 13.8 Å². The van der Waals surface area contributed by atoms with E-state index in [0.29, 0.717) is 12.4 Å². The first kappa shape index (κ1) is 9.51. The van der Waals surface area contributed by atoms with Crippen LogP contribution in [0, 0.1) is 0 Å². The first-order valence-electron chi connectivity index (χ1n) is 4.10. The van der Waals surface area contributed by atoms with Crippen LogP contribution in [0.3, 0.4) is 0 Å². The van der Waals surface area contributed by atoms with Crippen molar-refractivity contribution in [2.24, 2.45) is 0 Å². The molecule has 0 aliphatic rings. The smallest absolute Gasteiger partial charge is 0.252 e. The van der Waals surface area contributed by atoms with E-state index >= 15 is 0 Å². The molecule has 13 heavy (non-hydrogen) atoms. The molecule has 1 aromatic heterocycles. The molecule has 0 unspecified atom stereocenters. The molecule has 0 atom stereocenters. The predicted molar refractivity (Wildman–Crippen MR) is 52.8 cm³/mol. The lowest BCUT2D eigenvalue weighted by Gasteiger charge is -2.00. The Morgan fingerprint density at radius 1 is 1.69 bits per heavy atom. The summed E-state index contributed by atoms with van der Waals surface area (Å²) in [6.45, 7) is 4.73. The minimum Gasteiger partial charge on any atom is -0.366 e. The van der Waals surface area contributed by atoms with Crippen LogP contribution in [0.15, 0.2) is 28.8 Å².